The number of hydrogen-bond donors (Lipinski definition) is 0. The summed E-state index contributed by atoms with van der Waals surface area (Å²) in [6.45, 7) is 5.95. The van der Waals surface area contributed by atoms with Gasteiger partial charge in [0.1, 0.15) is 0 Å². The molecule has 0 saturated heterocycles. The zero-order valence-electron chi connectivity index (χ0n) is 8.86. The van der Waals surface area contributed by atoms with Gasteiger partial charge in [-0.05, 0) is 25.3 Å². The Bertz CT molecular complexity index is 431. The van der Waals surface area contributed by atoms with Crippen molar-refractivity contribution in [3.8, 4) is 10.4 Å². The van der Waals surface area contributed by atoms with Crippen molar-refractivity contribution >= 4 is 11.3 Å². The Morgan fingerprint density at radius 2 is 2.00 bits per heavy atom. The first-order valence-corrected chi connectivity index (χ1v) is 5.94. The highest BCUT2D eigenvalue weighted by Crippen LogP contribution is 2.30. The fraction of sp³-hybridized carbons (Fsp3) is 0.231. The molecule has 1 aromatic carbocycles. The van der Waals surface area contributed by atoms with Gasteiger partial charge in [-0.3, -0.25) is 0 Å². The van der Waals surface area contributed by atoms with Crippen LogP contribution in [0.15, 0.2) is 30.3 Å². The number of benzene rings is 1. The molecule has 0 amide bonds. The number of aryl methyl sites for hydroxylation is 2. The highest BCUT2D eigenvalue weighted by Gasteiger charge is 2.09. The smallest absolute Gasteiger partial charge is 0.0903 e. The van der Waals surface area contributed by atoms with Crippen molar-refractivity contribution in [3.05, 3.63) is 48.0 Å². The van der Waals surface area contributed by atoms with Gasteiger partial charge < -0.3 is 0 Å². The highest BCUT2D eigenvalue weighted by molar-refractivity contribution is 7.15. The van der Waals surface area contributed by atoms with Crippen molar-refractivity contribution in [2.75, 3.05) is 0 Å². The maximum Gasteiger partial charge on any atom is 0.0903 e. The molecule has 1 heterocycles. The average molecular weight is 216 g/mol. The van der Waals surface area contributed by atoms with E-state index >= 15 is 0 Å². The molecule has 1 nitrogen and oxygen atoms in total. The van der Waals surface area contributed by atoms with E-state index in [1.165, 1.54) is 16.1 Å². The number of thiazole rings is 1. The Balaban J connectivity index is 2.43. The predicted molar refractivity (Wildman–Crippen MR) is 66.0 cm³/mol. The summed E-state index contributed by atoms with van der Waals surface area (Å²) >= 11 is 1.77. The molecule has 0 bridgehead atoms. The molecule has 0 aliphatic heterocycles. The first-order chi connectivity index (χ1) is 7.31. The van der Waals surface area contributed by atoms with E-state index in [4.69, 9.17) is 0 Å². The van der Waals surface area contributed by atoms with Crippen LogP contribution in [0.1, 0.15) is 17.1 Å². The molecule has 2 rings (SSSR count). The molecule has 1 radical (unpaired) electrons. The molecule has 15 heavy (non-hydrogen) atoms. The van der Waals surface area contributed by atoms with Crippen molar-refractivity contribution in [2.45, 2.75) is 19.8 Å². The lowest BCUT2D eigenvalue weighted by Gasteiger charge is -2.00. The minimum atomic E-state index is 0.906. The summed E-state index contributed by atoms with van der Waals surface area (Å²) in [4.78, 5) is 5.86. The summed E-state index contributed by atoms with van der Waals surface area (Å²) in [5.41, 5.74) is 2.46. The van der Waals surface area contributed by atoms with Gasteiger partial charge in [-0.15, -0.1) is 11.3 Å². The van der Waals surface area contributed by atoms with Gasteiger partial charge in [0, 0.05) is 0 Å². The second-order valence-electron chi connectivity index (χ2n) is 3.48. The molecule has 0 atom stereocenters. The van der Waals surface area contributed by atoms with Crippen LogP contribution in [-0.4, -0.2) is 4.98 Å². The zero-order chi connectivity index (χ0) is 10.7. The van der Waals surface area contributed by atoms with Gasteiger partial charge in [-0.1, -0.05) is 37.3 Å². The number of rotatable bonds is 3. The van der Waals surface area contributed by atoms with Crippen molar-refractivity contribution in [1.29, 1.82) is 0 Å². The van der Waals surface area contributed by atoms with Gasteiger partial charge in [-0.25, -0.2) is 4.98 Å². The van der Waals surface area contributed by atoms with E-state index in [1.54, 1.807) is 11.3 Å². The van der Waals surface area contributed by atoms with Crippen molar-refractivity contribution in [2.24, 2.45) is 0 Å². The maximum absolute atomic E-state index is 4.56. The third-order valence-corrected chi connectivity index (χ3v) is 3.32. The Hall–Kier alpha value is -1.15. The second kappa shape index (κ2) is 4.58. The molecular weight excluding hydrogens is 202 g/mol. The Morgan fingerprint density at radius 1 is 1.27 bits per heavy atom. The molecule has 0 unspecified atom stereocenters. The van der Waals surface area contributed by atoms with Crippen LogP contribution < -0.4 is 0 Å². The van der Waals surface area contributed by atoms with Crippen LogP contribution in [0.4, 0.5) is 0 Å². The summed E-state index contributed by atoms with van der Waals surface area (Å²) in [5, 5.41) is 1.14. The van der Waals surface area contributed by atoms with E-state index in [1.807, 2.05) is 6.07 Å². The molecule has 0 saturated carbocycles. The fourth-order valence-corrected chi connectivity index (χ4v) is 2.59. The summed E-state index contributed by atoms with van der Waals surface area (Å²) < 4.78 is 0. The minimum Gasteiger partial charge on any atom is -0.246 e. The quantitative estimate of drug-likeness (QED) is 0.758. The molecule has 2 aromatic rings. The van der Waals surface area contributed by atoms with Crippen molar-refractivity contribution in [1.82, 2.24) is 4.98 Å². The summed E-state index contributed by atoms with van der Waals surface area (Å²) in [5.74, 6) is 0. The van der Waals surface area contributed by atoms with E-state index < -0.39 is 0 Å². The molecule has 0 fully saturated rings. The van der Waals surface area contributed by atoms with Crippen molar-refractivity contribution in [3.63, 3.8) is 0 Å². The number of nitrogens with zero attached hydrogens (tertiary/aromatic N) is 1. The fourth-order valence-electron chi connectivity index (χ4n) is 1.62. The van der Waals surface area contributed by atoms with Gasteiger partial charge in [0.2, 0.25) is 0 Å². The van der Waals surface area contributed by atoms with Gasteiger partial charge in [-0.2, -0.15) is 0 Å². The monoisotopic (exact) mass is 216 g/mol. The highest BCUT2D eigenvalue weighted by atomic mass is 32.1. The molecule has 0 spiro atoms. The largest absolute Gasteiger partial charge is 0.246 e. The Labute approximate surface area is 94.8 Å². The van der Waals surface area contributed by atoms with Crippen LogP contribution >= 0.6 is 11.3 Å². The van der Waals surface area contributed by atoms with E-state index in [9.17, 15) is 0 Å². The first kappa shape index (κ1) is 10.4. The molecule has 2 heteroatoms. The maximum atomic E-state index is 4.56. The van der Waals surface area contributed by atoms with E-state index in [-0.39, 0.29) is 0 Å². The zero-order valence-corrected chi connectivity index (χ0v) is 9.68. The van der Waals surface area contributed by atoms with Crippen LogP contribution in [0, 0.1) is 13.8 Å². The van der Waals surface area contributed by atoms with Gasteiger partial charge in [0.15, 0.2) is 0 Å². The first-order valence-electron chi connectivity index (χ1n) is 5.12. The van der Waals surface area contributed by atoms with E-state index in [0.717, 1.165) is 17.8 Å². The van der Waals surface area contributed by atoms with Gasteiger partial charge in [0.05, 0.1) is 15.6 Å². The summed E-state index contributed by atoms with van der Waals surface area (Å²) in [6.07, 6.45) is 1.87. The molecule has 0 N–H and O–H groups in total. The van der Waals surface area contributed by atoms with E-state index in [0.29, 0.717) is 0 Å². The van der Waals surface area contributed by atoms with Crippen molar-refractivity contribution < 1.29 is 0 Å². The van der Waals surface area contributed by atoms with Crippen LogP contribution in [0.25, 0.3) is 10.4 Å². The van der Waals surface area contributed by atoms with Crippen LogP contribution in [0.2, 0.25) is 0 Å². The third kappa shape index (κ3) is 2.26. The lowest BCUT2D eigenvalue weighted by atomic mass is 10.1. The van der Waals surface area contributed by atoms with Crippen LogP contribution in [-0.2, 0) is 6.42 Å². The summed E-state index contributed by atoms with van der Waals surface area (Å²) in [7, 11) is 0. The summed E-state index contributed by atoms with van der Waals surface area (Å²) in [6, 6.07) is 10.5. The van der Waals surface area contributed by atoms with Crippen LogP contribution in [0.5, 0.6) is 0 Å². The minimum absolute atomic E-state index is 0.906. The van der Waals surface area contributed by atoms with E-state index in [2.05, 4.69) is 43.1 Å². The van der Waals surface area contributed by atoms with Gasteiger partial charge in [0.25, 0.3) is 0 Å². The molecule has 0 aliphatic carbocycles. The Morgan fingerprint density at radius 3 is 2.67 bits per heavy atom. The van der Waals surface area contributed by atoms with Crippen LogP contribution in [0.3, 0.4) is 0 Å². The predicted octanol–water partition coefficient (Wildman–Crippen LogP) is 3.89. The standard InChI is InChI=1S/C13H14NS/c1-3-7-12-13(15-10(2)14-12)11-8-5-4-6-9-11/h4-6,8-9H,1,3,7H2,2H3. The molecule has 1 aromatic heterocycles. The number of aromatic nitrogens is 1. The molecular formula is C13H14NS. The topological polar surface area (TPSA) is 12.9 Å². The second-order valence-corrected chi connectivity index (χ2v) is 4.68. The Kier molecular flexibility index (Phi) is 3.17. The van der Waals surface area contributed by atoms with Gasteiger partial charge >= 0.3 is 0 Å². The third-order valence-electron chi connectivity index (χ3n) is 2.25. The molecule has 0 aliphatic rings. The lowest BCUT2D eigenvalue weighted by molar-refractivity contribution is 0.951. The average Bonchev–Trinajstić information content (AvgIpc) is 2.62. The normalized spacial score (nSPS) is 10.5. The SMILES string of the molecule is [CH2]CCc1nc(C)sc1-c1ccccc1. The number of hydrogen-bond acceptors (Lipinski definition) is 2. The molecule has 77 valence electrons. The lowest BCUT2D eigenvalue weighted by Crippen LogP contribution is -1.86.